The van der Waals surface area contributed by atoms with Crippen molar-refractivity contribution in [1.82, 2.24) is 4.98 Å². The summed E-state index contributed by atoms with van der Waals surface area (Å²) in [6.07, 6.45) is -0.214. The monoisotopic (exact) mass is 343 g/mol. The quantitative estimate of drug-likeness (QED) is 0.709. The molecule has 2 N–H and O–H groups in total. The van der Waals surface area contributed by atoms with Gasteiger partial charge in [0.1, 0.15) is 5.82 Å². The molecule has 5 nitrogen and oxygen atoms in total. The minimum Gasteiger partial charge on any atom is -0.493 e. The van der Waals surface area contributed by atoms with E-state index in [0.717, 1.165) is 5.56 Å². The lowest BCUT2D eigenvalue weighted by molar-refractivity contribution is -0.136. The molecule has 0 saturated heterocycles. The first-order valence-electron chi connectivity index (χ1n) is 7.86. The minimum atomic E-state index is -0.982. The zero-order valence-electron chi connectivity index (χ0n) is 13.9. The number of aromatic nitrogens is 1. The van der Waals surface area contributed by atoms with E-state index in [2.05, 4.69) is 4.98 Å². The van der Waals surface area contributed by atoms with E-state index in [1.807, 2.05) is 13.0 Å². The van der Waals surface area contributed by atoms with E-state index in [4.69, 9.17) is 9.47 Å². The summed E-state index contributed by atoms with van der Waals surface area (Å²) in [6.45, 7) is 2.34. The Kier molecular flexibility index (Phi) is 4.61. The number of carboxylic acids is 1. The zero-order valence-corrected chi connectivity index (χ0v) is 13.9. The Morgan fingerprint density at radius 1 is 1.20 bits per heavy atom. The maximum Gasteiger partial charge on any atom is 0.307 e. The Morgan fingerprint density at radius 2 is 2.00 bits per heavy atom. The largest absolute Gasteiger partial charge is 0.493 e. The first-order chi connectivity index (χ1) is 12.0. The van der Waals surface area contributed by atoms with E-state index >= 15 is 0 Å². The minimum absolute atomic E-state index is 0.214. The number of nitrogens with one attached hydrogen (secondary N) is 1. The lowest BCUT2D eigenvalue weighted by atomic mass is 10.0. The second-order valence-corrected chi connectivity index (χ2v) is 5.54. The molecule has 0 aliphatic carbocycles. The summed E-state index contributed by atoms with van der Waals surface area (Å²) in [5.41, 5.74) is 2.60. The predicted molar refractivity (Wildman–Crippen MR) is 92.8 cm³/mol. The summed E-state index contributed by atoms with van der Waals surface area (Å²) in [5.74, 6) is -0.236. The van der Waals surface area contributed by atoms with Crippen molar-refractivity contribution in [3.63, 3.8) is 0 Å². The molecule has 0 radical (unpaired) electrons. The van der Waals surface area contributed by atoms with Gasteiger partial charge in [-0.2, -0.15) is 0 Å². The molecule has 1 aromatic heterocycles. The van der Waals surface area contributed by atoms with E-state index in [-0.39, 0.29) is 6.42 Å². The highest BCUT2D eigenvalue weighted by Crippen LogP contribution is 2.36. The summed E-state index contributed by atoms with van der Waals surface area (Å²) in [5, 5.41) is 9.82. The van der Waals surface area contributed by atoms with E-state index in [9.17, 15) is 14.3 Å². The number of benzene rings is 2. The molecule has 130 valence electrons. The highest BCUT2D eigenvalue weighted by molar-refractivity contribution is 5.94. The molecule has 6 heteroatoms. The van der Waals surface area contributed by atoms with Crippen LogP contribution in [0.1, 0.15) is 12.5 Å². The molecule has 3 rings (SSSR count). The highest BCUT2D eigenvalue weighted by Gasteiger charge is 2.18. The van der Waals surface area contributed by atoms with Crippen LogP contribution in [0, 0.1) is 5.82 Å². The molecule has 0 aliphatic rings. The highest BCUT2D eigenvalue weighted by atomic mass is 19.1. The molecule has 0 spiro atoms. The van der Waals surface area contributed by atoms with Crippen molar-refractivity contribution >= 4 is 16.9 Å². The van der Waals surface area contributed by atoms with Gasteiger partial charge in [0.25, 0.3) is 0 Å². The number of methoxy groups -OCH3 is 1. The van der Waals surface area contributed by atoms with Crippen LogP contribution < -0.4 is 9.47 Å². The number of hydrogen-bond acceptors (Lipinski definition) is 3. The standard InChI is InChI=1S/C19H18FNO4/c1-3-25-17-8-11(4-7-16(17)24-2)19-14(10-18(22)23)13-9-12(20)5-6-15(13)21-19/h4-9,21H,3,10H2,1-2H3,(H,22,23). The molecule has 0 bridgehead atoms. The number of aliphatic carboxylic acids is 1. The molecular weight excluding hydrogens is 325 g/mol. The van der Waals surface area contributed by atoms with Crippen molar-refractivity contribution < 1.29 is 23.8 Å². The Hall–Kier alpha value is -3.02. The van der Waals surface area contributed by atoms with Crippen LogP contribution in [0.3, 0.4) is 0 Å². The van der Waals surface area contributed by atoms with Gasteiger partial charge in [-0.15, -0.1) is 0 Å². The third-order valence-electron chi connectivity index (χ3n) is 3.95. The van der Waals surface area contributed by atoms with Crippen molar-refractivity contribution in [2.24, 2.45) is 0 Å². The molecule has 0 unspecified atom stereocenters. The summed E-state index contributed by atoms with van der Waals surface area (Å²) >= 11 is 0. The van der Waals surface area contributed by atoms with Crippen LogP contribution in [0.4, 0.5) is 4.39 Å². The molecule has 0 amide bonds. The number of carbonyl (C=O) groups is 1. The van der Waals surface area contributed by atoms with Gasteiger partial charge < -0.3 is 19.6 Å². The molecular formula is C19H18FNO4. The van der Waals surface area contributed by atoms with Crippen LogP contribution in [-0.2, 0) is 11.2 Å². The number of ether oxygens (including phenoxy) is 2. The SMILES string of the molecule is CCOc1cc(-c2[nH]c3ccc(F)cc3c2CC(=O)O)ccc1OC. The maximum atomic E-state index is 13.6. The van der Waals surface area contributed by atoms with E-state index in [1.165, 1.54) is 12.1 Å². The topological polar surface area (TPSA) is 71.6 Å². The van der Waals surface area contributed by atoms with Gasteiger partial charge in [0.05, 0.1) is 25.8 Å². The molecule has 0 fully saturated rings. The lowest BCUT2D eigenvalue weighted by Gasteiger charge is -2.11. The Labute approximate surface area is 144 Å². The number of carboxylic acid groups (broad SMARTS) is 1. The van der Waals surface area contributed by atoms with Gasteiger partial charge >= 0.3 is 5.97 Å². The Balaban J connectivity index is 2.20. The molecule has 25 heavy (non-hydrogen) atoms. The van der Waals surface area contributed by atoms with Crippen molar-refractivity contribution in [2.45, 2.75) is 13.3 Å². The first kappa shape index (κ1) is 16.8. The average molecular weight is 343 g/mol. The maximum absolute atomic E-state index is 13.6. The van der Waals surface area contributed by atoms with Crippen LogP contribution in [-0.4, -0.2) is 29.8 Å². The third kappa shape index (κ3) is 3.28. The summed E-state index contributed by atoms with van der Waals surface area (Å²) in [6, 6.07) is 9.65. The number of halogens is 1. The molecule has 0 atom stereocenters. The fraction of sp³-hybridized carbons (Fsp3) is 0.211. The second-order valence-electron chi connectivity index (χ2n) is 5.54. The number of H-pyrrole nitrogens is 1. The average Bonchev–Trinajstić information content (AvgIpc) is 2.92. The molecule has 0 aliphatic heterocycles. The zero-order chi connectivity index (χ0) is 18.0. The predicted octanol–water partition coefficient (Wildman–Crippen LogP) is 4.01. The van der Waals surface area contributed by atoms with E-state index in [0.29, 0.717) is 40.3 Å². The summed E-state index contributed by atoms with van der Waals surface area (Å²) in [7, 11) is 1.55. The Bertz CT molecular complexity index is 933. The molecule has 3 aromatic rings. The second kappa shape index (κ2) is 6.84. The van der Waals surface area contributed by atoms with Crippen molar-refractivity contribution in [3.05, 3.63) is 47.8 Å². The van der Waals surface area contributed by atoms with Gasteiger partial charge in [-0.3, -0.25) is 4.79 Å². The van der Waals surface area contributed by atoms with Crippen LogP contribution in [0.15, 0.2) is 36.4 Å². The smallest absolute Gasteiger partial charge is 0.307 e. The lowest BCUT2D eigenvalue weighted by Crippen LogP contribution is -2.01. The normalized spacial score (nSPS) is 10.8. The van der Waals surface area contributed by atoms with Gasteiger partial charge in [-0.25, -0.2) is 4.39 Å². The van der Waals surface area contributed by atoms with Gasteiger partial charge in [0.15, 0.2) is 11.5 Å². The number of aromatic amines is 1. The molecule has 0 saturated carbocycles. The van der Waals surface area contributed by atoms with E-state index < -0.39 is 11.8 Å². The van der Waals surface area contributed by atoms with Crippen molar-refractivity contribution in [2.75, 3.05) is 13.7 Å². The fourth-order valence-electron chi connectivity index (χ4n) is 2.90. The fourth-order valence-corrected chi connectivity index (χ4v) is 2.90. The molecule has 1 heterocycles. The van der Waals surface area contributed by atoms with Crippen LogP contribution >= 0.6 is 0 Å². The number of rotatable bonds is 6. The number of fused-ring (bicyclic) bond motifs is 1. The van der Waals surface area contributed by atoms with Crippen LogP contribution in [0.25, 0.3) is 22.2 Å². The van der Waals surface area contributed by atoms with Gasteiger partial charge in [-0.05, 0) is 48.9 Å². The van der Waals surface area contributed by atoms with Crippen LogP contribution in [0.5, 0.6) is 11.5 Å². The van der Waals surface area contributed by atoms with Crippen molar-refractivity contribution in [3.8, 4) is 22.8 Å². The molecule has 2 aromatic carbocycles. The first-order valence-corrected chi connectivity index (χ1v) is 7.86. The summed E-state index contributed by atoms with van der Waals surface area (Å²) in [4.78, 5) is 14.5. The van der Waals surface area contributed by atoms with E-state index in [1.54, 1.807) is 25.3 Å². The van der Waals surface area contributed by atoms with Gasteiger partial charge in [0, 0.05) is 16.5 Å². The van der Waals surface area contributed by atoms with Crippen molar-refractivity contribution in [1.29, 1.82) is 0 Å². The summed E-state index contributed by atoms with van der Waals surface area (Å²) < 4.78 is 24.5. The van der Waals surface area contributed by atoms with Gasteiger partial charge in [0.2, 0.25) is 0 Å². The van der Waals surface area contributed by atoms with Crippen LogP contribution in [0.2, 0.25) is 0 Å². The third-order valence-corrected chi connectivity index (χ3v) is 3.95. The van der Waals surface area contributed by atoms with Gasteiger partial charge in [-0.1, -0.05) is 0 Å². The Morgan fingerprint density at radius 3 is 2.68 bits per heavy atom. The number of hydrogen-bond donors (Lipinski definition) is 2.